The van der Waals surface area contributed by atoms with Crippen LogP contribution in [0.5, 0.6) is 11.5 Å². The van der Waals surface area contributed by atoms with Gasteiger partial charge in [0.15, 0.2) is 0 Å². The van der Waals surface area contributed by atoms with Crippen LogP contribution in [0.25, 0.3) is 5.70 Å². The topological polar surface area (TPSA) is 74.1 Å². The number of allylic oxidation sites excluding steroid dienone is 1. The van der Waals surface area contributed by atoms with Gasteiger partial charge in [0.05, 0.1) is 7.11 Å². The van der Waals surface area contributed by atoms with Crippen molar-refractivity contribution >= 4 is 23.2 Å². The molecule has 2 heterocycles. The van der Waals surface area contributed by atoms with Gasteiger partial charge in [0.1, 0.15) is 17.5 Å². The normalized spacial score (nSPS) is 15.6. The molecule has 28 heavy (non-hydrogen) atoms. The molecule has 0 fully saturated rings. The van der Waals surface area contributed by atoms with Crippen LogP contribution in [-0.4, -0.2) is 33.9 Å². The van der Waals surface area contributed by atoms with Crippen LogP contribution in [0.3, 0.4) is 0 Å². The fourth-order valence-electron chi connectivity index (χ4n) is 2.97. The third-order valence-corrected chi connectivity index (χ3v) is 4.47. The van der Waals surface area contributed by atoms with Gasteiger partial charge in [0.2, 0.25) is 5.95 Å². The summed E-state index contributed by atoms with van der Waals surface area (Å²) in [6.07, 6.45) is 1.81. The summed E-state index contributed by atoms with van der Waals surface area (Å²) in [6.45, 7) is -2.97. The van der Waals surface area contributed by atoms with E-state index in [1.54, 1.807) is 13.2 Å². The Morgan fingerprint density at radius 2 is 1.96 bits per heavy atom. The maximum absolute atomic E-state index is 12.9. The average molecular weight is 406 g/mol. The molecule has 0 spiro atoms. The molecule has 1 aliphatic heterocycles. The summed E-state index contributed by atoms with van der Waals surface area (Å²) < 4.78 is 37.1. The highest BCUT2D eigenvalue weighted by Crippen LogP contribution is 2.37. The predicted octanol–water partition coefficient (Wildman–Crippen LogP) is 3.99. The number of aromatic nitrogens is 4. The number of halogens is 3. The minimum atomic E-state index is -2.97. The molecule has 4 rings (SSSR count). The molecular weight excluding hydrogens is 392 g/mol. The SMILES string of the molecule is COc1ccc(C2=C[C@@H](c3cc(Cl)ccc3OC(F)F)n3nnnc3N2)cc1. The number of nitrogens with one attached hydrogen (secondary N) is 1. The van der Waals surface area contributed by atoms with Crippen molar-refractivity contribution in [1.82, 2.24) is 20.2 Å². The summed E-state index contributed by atoms with van der Waals surface area (Å²) in [5.41, 5.74) is 1.96. The van der Waals surface area contributed by atoms with Crippen LogP contribution in [-0.2, 0) is 0 Å². The van der Waals surface area contributed by atoms with Crippen molar-refractivity contribution in [1.29, 1.82) is 0 Å². The first kappa shape index (κ1) is 18.2. The molecule has 0 bridgehead atoms. The highest BCUT2D eigenvalue weighted by Gasteiger charge is 2.27. The van der Waals surface area contributed by atoms with E-state index >= 15 is 0 Å². The number of hydrogen-bond donors (Lipinski definition) is 1. The summed E-state index contributed by atoms with van der Waals surface area (Å²) >= 11 is 6.11. The molecule has 1 aromatic heterocycles. The van der Waals surface area contributed by atoms with Crippen molar-refractivity contribution in [3.05, 3.63) is 64.7 Å². The number of rotatable bonds is 5. The van der Waals surface area contributed by atoms with E-state index in [1.165, 1.54) is 16.8 Å². The zero-order valence-electron chi connectivity index (χ0n) is 14.5. The highest BCUT2D eigenvalue weighted by molar-refractivity contribution is 6.30. The number of fused-ring (bicyclic) bond motifs is 1. The van der Waals surface area contributed by atoms with Crippen molar-refractivity contribution in [2.75, 3.05) is 12.4 Å². The molecule has 0 saturated carbocycles. The molecule has 10 heteroatoms. The zero-order chi connectivity index (χ0) is 19.7. The second kappa shape index (κ2) is 7.43. The average Bonchev–Trinajstić information content (AvgIpc) is 3.17. The lowest BCUT2D eigenvalue weighted by Crippen LogP contribution is -2.21. The second-order valence-corrected chi connectivity index (χ2v) is 6.32. The van der Waals surface area contributed by atoms with Gasteiger partial charge in [-0.3, -0.25) is 0 Å². The summed E-state index contributed by atoms with van der Waals surface area (Å²) in [5.74, 6) is 1.07. The van der Waals surface area contributed by atoms with E-state index in [9.17, 15) is 8.78 Å². The Bertz CT molecular complexity index is 1020. The Labute approximate surface area is 163 Å². The lowest BCUT2D eigenvalue weighted by atomic mass is 10.0. The largest absolute Gasteiger partial charge is 0.497 e. The third-order valence-electron chi connectivity index (χ3n) is 4.23. The van der Waals surface area contributed by atoms with Gasteiger partial charge in [0, 0.05) is 16.3 Å². The predicted molar refractivity (Wildman–Crippen MR) is 98.6 cm³/mol. The van der Waals surface area contributed by atoms with Crippen molar-refractivity contribution in [2.24, 2.45) is 0 Å². The van der Waals surface area contributed by atoms with Gasteiger partial charge < -0.3 is 14.8 Å². The van der Waals surface area contributed by atoms with Crippen molar-refractivity contribution in [2.45, 2.75) is 12.7 Å². The number of anilines is 1. The van der Waals surface area contributed by atoms with Gasteiger partial charge in [-0.1, -0.05) is 16.7 Å². The molecule has 1 N–H and O–H groups in total. The molecule has 1 atom stereocenters. The monoisotopic (exact) mass is 405 g/mol. The molecule has 0 saturated heterocycles. The summed E-state index contributed by atoms with van der Waals surface area (Å²) in [7, 11) is 1.58. The number of alkyl halides is 2. The number of tetrazole rings is 1. The molecule has 144 valence electrons. The van der Waals surface area contributed by atoms with E-state index in [2.05, 4.69) is 25.6 Å². The summed E-state index contributed by atoms with van der Waals surface area (Å²) in [4.78, 5) is 0. The van der Waals surface area contributed by atoms with E-state index in [0.29, 0.717) is 28.0 Å². The lowest BCUT2D eigenvalue weighted by Gasteiger charge is -2.25. The third kappa shape index (κ3) is 3.48. The van der Waals surface area contributed by atoms with E-state index in [0.717, 1.165) is 5.56 Å². The number of nitrogens with zero attached hydrogens (tertiary/aromatic N) is 4. The number of benzene rings is 2. The standard InChI is InChI=1S/C18H14ClF2N5O2/c1-27-12-5-2-10(3-6-12)14-9-15(26-18(22-14)23-24-25-26)13-8-11(19)4-7-16(13)28-17(20)21/h2-9,15,17H,1H3,(H,22,23,25)/t15-/m0/s1. The van der Waals surface area contributed by atoms with Gasteiger partial charge in [-0.25, -0.2) is 0 Å². The highest BCUT2D eigenvalue weighted by atomic mass is 35.5. The van der Waals surface area contributed by atoms with E-state index in [4.69, 9.17) is 16.3 Å². The molecule has 0 radical (unpaired) electrons. The maximum Gasteiger partial charge on any atom is 0.387 e. The van der Waals surface area contributed by atoms with Crippen molar-refractivity contribution in [3.63, 3.8) is 0 Å². The summed E-state index contributed by atoms with van der Waals surface area (Å²) in [6, 6.07) is 11.2. The van der Waals surface area contributed by atoms with Gasteiger partial charge in [0.25, 0.3) is 0 Å². The van der Waals surface area contributed by atoms with Crippen molar-refractivity contribution < 1.29 is 18.3 Å². The number of ether oxygens (including phenoxy) is 2. The van der Waals surface area contributed by atoms with E-state index in [1.807, 2.05) is 30.3 Å². The Morgan fingerprint density at radius 3 is 2.68 bits per heavy atom. The smallest absolute Gasteiger partial charge is 0.387 e. The molecule has 0 amide bonds. The Morgan fingerprint density at radius 1 is 1.18 bits per heavy atom. The Balaban J connectivity index is 1.81. The van der Waals surface area contributed by atoms with Crippen LogP contribution in [0, 0.1) is 0 Å². The van der Waals surface area contributed by atoms with Crippen LogP contribution >= 0.6 is 11.6 Å². The first-order valence-corrected chi connectivity index (χ1v) is 8.58. The van der Waals surface area contributed by atoms with Gasteiger partial charge in [-0.05, 0) is 64.5 Å². The first-order valence-electron chi connectivity index (χ1n) is 8.20. The fourth-order valence-corrected chi connectivity index (χ4v) is 3.15. The second-order valence-electron chi connectivity index (χ2n) is 5.89. The molecule has 3 aromatic rings. The maximum atomic E-state index is 12.9. The van der Waals surface area contributed by atoms with E-state index < -0.39 is 12.7 Å². The molecule has 1 aliphatic rings. The zero-order valence-corrected chi connectivity index (χ0v) is 15.3. The number of methoxy groups -OCH3 is 1. The summed E-state index contributed by atoms with van der Waals surface area (Å²) in [5, 5.41) is 15.1. The molecule has 0 aliphatic carbocycles. The van der Waals surface area contributed by atoms with Crippen LogP contribution in [0.4, 0.5) is 14.7 Å². The van der Waals surface area contributed by atoms with E-state index in [-0.39, 0.29) is 5.75 Å². The molecular formula is C18H14ClF2N5O2. The van der Waals surface area contributed by atoms with Gasteiger partial charge in [-0.15, -0.1) is 0 Å². The van der Waals surface area contributed by atoms with Crippen LogP contribution in [0.2, 0.25) is 5.02 Å². The minimum Gasteiger partial charge on any atom is -0.497 e. The van der Waals surface area contributed by atoms with Crippen molar-refractivity contribution in [3.8, 4) is 11.5 Å². The quantitative estimate of drug-likeness (QED) is 0.691. The van der Waals surface area contributed by atoms with Gasteiger partial charge >= 0.3 is 6.61 Å². The lowest BCUT2D eigenvalue weighted by molar-refractivity contribution is -0.0506. The van der Waals surface area contributed by atoms with Crippen LogP contribution in [0.15, 0.2) is 48.5 Å². The van der Waals surface area contributed by atoms with Crippen LogP contribution in [0.1, 0.15) is 17.2 Å². The first-order chi connectivity index (χ1) is 13.5. The van der Waals surface area contributed by atoms with Gasteiger partial charge in [-0.2, -0.15) is 13.5 Å². The van der Waals surface area contributed by atoms with Crippen LogP contribution < -0.4 is 14.8 Å². The number of hydrogen-bond acceptors (Lipinski definition) is 6. The molecule has 7 nitrogen and oxygen atoms in total. The molecule has 0 unspecified atom stereocenters. The Kier molecular flexibility index (Phi) is 4.82. The minimum absolute atomic E-state index is 0.00178. The molecule has 2 aromatic carbocycles. The fraction of sp³-hybridized carbons (Fsp3) is 0.167. The Hall–Kier alpha value is -3.20.